The normalized spacial score (nSPS) is 32.1. The van der Waals surface area contributed by atoms with Crippen molar-refractivity contribution in [2.45, 2.75) is 44.2 Å². The van der Waals surface area contributed by atoms with E-state index < -0.39 is 5.54 Å². The van der Waals surface area contributed by atoms with Crippen molar-refractivity contribution in [3.63, 3.8) is 0 Å². The van der Waals surface area contributed by atoms with Crippen LogP contribution >= 0.6 is 0 Å². The Morgan fingerprint density at radius 1 is 1.33 bits per heavy atom. The van der Waals surface area contributed by atoms with Crippen molar-refractivity contribution in [1.29, 1.82) is 0 Å². The number of hydrogen-bond donors (Lipinski definition) is 1. The van der Waals surface area contributed by atoms with Gasteiger partial charge in [0.15, 0.2) is 5.78 Å². The molecule has 2 saturated heterocycles. The number of fused-ring (bicyclic) bond motifs is 3. The zero-order chi connectivity index (χ0) is 19.2. The second-order valence-electron chi connectivity index (χ2n) is 8.01. The first-order valence-corrected chi connectivity index (χ1v) is 9.85. The summed E-state index contributed by atoms with van der Waals surface area (Å²) in [5.41, 5.74) is 0.927. The van der Waals surface area contributed by atoms with Gasteiger partial charge in [0, 0.05) is 31.2 Å². The molecule has 4 atom stereocenters. The number of carbonyl (C=O) groups excluding carboxylic acids is 2. The van der Waals surface area contributed by atoms with E-state index in [4.69, 9.17) is 9.47 Å². The van der Waals surface area contributed by atoms with Crippen LogP contribution in [-0.2, 0) is 9.53 Å². The lowest BCUT2D eigenvalue weighted by atomic mass is 9.73. The summed E-state index contributed by atoms with van der Waals surface area (Å²) in [5, 5.41) is 3.57. The van der Waals surface area contributed by atoms with Crippen LogP contribution in [0.1, 0.15) is 43.0 Å². The number of Topliss-reactive ketones (excluding diaryl/α,β-unsaturated/α-hetero) is 1. The van der Waals surface area contributed by atoms with Crippen LogP contribution in [0.4, 0.5) is 5.69 Å². The molecule has 3 heterocycles. The van der Waals surface area contributed by atoms with E-state index in [1.807, 2.05) is 18.2 Å². The van der Waals surface area contributed by atoms with E-state index >= 15 is 0 Å². The minimum absolute atomic E-state index is 0.0968. The van der Waals surface area contributed by atoms with Gasteiger partial charge in [0.05, 0.1) is 19.8 Å². The van der Waals surface area contributed by atoms with E-state index in [9.17, 15) is 9.59 Å². The summed E-state index contributed by atoms with van der Waals surface area (Å²) in [6.07, 6.45) is 3.09. The highest BCUT2D eigenvalue weighted by Crippen LogP contribution is 2.49. The lowest BCUT2D eigenvalue weighted by Gasteiger charge is -2.44. The number of esters is 1. The highest BCUT2D eigenvalue weighted by Gasteiger charge is 2.59. The minimum Gasteiger partial charge on any atom is -0.496 e. The van der Waals surface area contributed by atoms with Crippen LogP contribution in [0.3, 0.4) is 0 Å². The summed E-state index contributed by atoms with van der Waals surface area (Å²) in [6.45, 7) is 4.02. The summed E-state index contributed by atoms with van der Waals surface area (Å²) >= 11 is 0. The molecule has 1 aromatic rings. The SMILES string of the molecule is CC[C@@H]1CN2CCC3(Nc4cccc(OC)c4C3=O)C2C[C@@H]1CC(=O)OC. The van der Waals surface area contributed by atoms with Crippen LogP contribution in [0, 0.1) is 11.8 Å². The summed E-state index contributed by atoms with van der Waals surface area (Å²) in [5.74, 6) is 1.32. The smallest absolute Gasteiger partial charge is 0.305 e. The molecule has 0 bridgehead atoms. The van der Waals surface area contributed by atoms with Crippen molar-refractivity contribution < 1.29 is 19.1 Å². The Hall–Kier alpha value is -2.08. The van der Waals surface area contributed by atoms with Crippen LogP contribution in [-0.4, -0.2) is 55.5 Å². The predicted molar refractivity (Wildman–Crippen MR) is 102 cm³/mol. The van der Waals surface area contributed by atoms with E-state index in [2.05, 4.69) is 17.1 Å². The Morgan fingerprint density at radius 2 is 2.15 bits per heavy atom. The van der Waals surface area contributed by atoms with E-state index in [0.717, 1.165) is 38.0 Å². The Balaban J connectivity index is 1.65. The second kappa shape index (κ2) is 6.82. The van der Waals surface area contributed by atoms with Crippen LogP contribution in [0.5, 0.6) is 5.75 Å². The van der Waals surface area contributed by atoms with Crippen molar-refractivity contribution in [3.8, 4) is 5.75 Å². The Bertz CT molecular complexity index is 765. The predicted octanol–water partition coefficient (Wildman–Crippen LogP) is 2.73. The highest BCUT2D eigenvalue weighted by atomic mass is 16.5. The number of carbonyl (C=O) groups is 2. The van der Waals surface area contributed by atoms with Gasteiger partial charge in [0.2, 0.25) is 0 Å². The number of hydrogen-bond acceptors (Lipinski definition) is 6. The number of benzene rings is 1. The fourth-order valence-electron chi connectivity index (χ4n) is 5.43. The molecule has 1 aromatic carbocycles. The number of nitrogens with zero attached hydrogens (tertiary/aromatic N) is 1. The lowest BCUT2D eigenvalue weighted by Crippen LogP contribution is -2.57. The Kier molecular flexibility index (Phi) is 4.62. The molecule has 146 valence electrons. The molecule has 3 aliphatic heterocycles. The maximum atomic E-state index is 13.5. The lowest BCUT2D eigenvalue weighted by molar-refractivity contribution is -0.143. The molecule has 2 unspecified atom stereocenters. The number of ether oxygens (including phenoxy) is 2. The standard InChI is InChI=1S/C21H28N2O4/c1-4-13-12-23-9-8-21(17(23)10-14(13)11-18(24)27-3)20(25)19-15(22-21)6-5-7-16(19)26-2/h5-7,13-14,17,22H,4,8-12H2,1-3H3/t13-,14-,17?,21?/m1/s1. The molecular formula is C21H28N2O4. The van der Waals surface area contributed by atoms with E-state index in [1.165, 1.54) is 7.11 Å². The third-order valence-corrected chi connectivity index (χ3v) is 6.88. The van der Waals surface area contributed by atoms with Gasteiger partial charge < -0.3 is 14.8 Å². The van der Waals surface area contributed by atoms with Crippen LogP contribution in [0.2, 0.25) is 0 Å². The number of anilines is 1. The molecule has 4 rings (SSSR count). The van der Waals surface area contributed by atoms with Gasteiger partial charge >= 0.3 is 5.97 Å². The average molecular weight is 372 g/mol. The molecule has 3 aliphatic rings. The van der Waals surface area contributed by atoms with Gasteiger partial charge in [-0.15, -0.1) is 0 Å². The maximum absolute atomic E-state index is 13.5. The van der Waals surface area contributed by atoms with Gasteiger partial charge in [0.1, 0.15) is 11.3 Å². The van der Waals surface area contributed by atoms with Crippen molar-refractivity contribution >= 4 is 17.4 Å². The number of rotatable bonds is 4. The number of methoxy groups -OCH3 is 2. The van der Waals surface area contributed by atoms with E-state index in [1.54, 1.807) is 7.11 Å². The monoisotopic (exact) mass is 372 g/mol. The van der Waals surface area contributed by atoms with Crippen LogP contribution in [0.25, 0.3) is 0 Å². The first-order chi connectivity index (χ1) is 13.0. The molecule has 0 radical (unpaired) electrons. The molecule has 0 saturated carbocycles. The second-order valence-corrected chi connectivity index (χ2v) is 8.01. The molecule has 6 nitrogen and oxygen atoms in total. The molecule has 2 fully saturated rings. The van der Waals surface area contributed by atoms with E-state index in [0.29, 0.717) is 23.7 Å². The molecule has 0 aromatic heterocycles. The van der Waals surface area contributed by atoms with Gasteiger partial charge in [-0.3, -0.25) is 14.5 Å². The molecule has 0 aliphatic carbocycles. The fraction of sp³-hybridized carbons (Fsp3) is 0.619. The Morgan fingerprint density at radius 3 is 2.85 bits per heavy atom. The van der Waals surface area contributed by atoms with Crippen LogP contribution in [0.15, 0.2) is 18.2 Å². The highest BCUT2D eigenvalue weighted by molar-refractivity contribution is 6.16. The van der Waals surface area contributed by atoms with Crippen molar-refractivity contribution in [1.82, 2.24) is 4.90 Å². The maximum Gasteiger partial charge on any atom is 0.305 e. The van der Waals surface area contributed by atoms with Gasteiger partial charge in [0.25, 0.3) is 0 Å². The first-order valence-electron chi connectivity index (χ1n) is 9.85. The van der Waals surface area contributed by atoms with Crippen molar-refractivity contribution in [2.24, 2.45) is 11.8 Å². The van der Waals surface area contributed by atoms with Gasteiger partial charge in [-0.25, -0.2) is 0 Å². The summed E-state index contributed by atoms with van der Waals surface area (Å²) in [7, 11) is 3.05. The summed E-state index contributed by atoms with van der Waals surface area (Å²) in [6, 6.07) is 5.81. The largest absolute Gasteiger partial charge is 0.496 e. The molecule has 6 heteroatoms. The fourth-order valence-corrected chi connectivity index (χ4v) is 5.43. The zero-order valence-electron chi connectivity index (χ0n) is 16.3. The summed E-state index contributed by atoms with van der Waals surface area (Å²) in [4.78, 5) is 27.9. The van der Waals surface area contributed by atoms with Gasteiger partial charge in [-0.1, -0.05) is 19.4 Å². The molecule has 1 N–H and O–H groups in total. The quantitative estimate of drug-likeness (QED) is 0.820. The van der Waals surface area contributed by atoms with Crippen molar-refractivity contribution in [2.75, 3.05) is 32.6 Å². The van der Waals surface area contributed by atoms with Crippen molar-refractivity contribution in [3.05, 3.63) is 23.8 Å². The summed E-state index contributed by atoms with van der Waals surface area (Å²) < 4.78 is 10.4. The third kappa shape index (κ3) is 2.73. The van der Waals surface area contributed by atoms with E-state index in [-0.39, 0.29) is 23.7 Å². The zero-order valence-corrected chi connectivity index (χ0v) is 16.3. The number of piperidine rings is 1. The van der Waals surface area contributed by atoms with Crippen LogP contribution < -0.4 is 10.1 Å². The number of nitrogens with one attached hydrogen (secondary N) is 1. The van der Waals surface area contributed by atoms with Gasteiger partial charge in [-0.05, 0) is 36.8 Å². The molecule has 27 heavy (non-hydrogen) atoms. The molecule has 1 spiro atoms. The molecular weight excluding hydrogens is 344 g/mol. The minimum atomic E-state index is -0.607. The van der Waals surface area contributed by atoms with Gasteiger partial charge in [-0.2, -0.15) is 0 Å². The topological polar surface area (TPSA) is 67.9 Å². The third-order valence-electron chi connectivity index (χ3n) is 6.88. The number of ketones is 1. The Labute approximate surface area is 160 Å². The average Bonchev–Trinajstić information content (AvgIpc) is 3.19. The molecule has 0 amide bonds. The first kappa shape index (κ1) is 18.3.